The highest BCUT2D eigenvalue weighted by Crippen LogP contribution is 2.41. The topological polar surface area (TPSA) is 65.0 Å². The van der Waals surface area contributed by atoms with Crippen molar-refractivity contribution in [3.8, 4) is 11.5 Å². The zero-order valence-corrected chi connectivity index (χ0v) is 17.3. The van der Waals surface area contributed by atoms with Crippen LogP contribution in [0.25, 0.3) is 0 Å². The molecule has 0 amide bonds. The van der Waals surface area contributed by atoms with Gasteiger partial charge < -0.3 is 19.0 Å². The number of carbonyl (C=O) groups is 1. The third kappa shape index (κ3) is 5.09. The minimum Gasteiger partial charge on any atom is -0.541 e. The molecular weight excluding hydrogens is 336 g/mol. The van der Waals surface area contributed by atoms with Gasteiger partial charge in [-0.3, -0.25) is 0 Å². The molecule has 25 heavy (non-hydrogen) atoms. The van der Waals surface area contributed by atoms with E-state index in [4.69, 9.17) is 13.9 Å². The number of esters is 1. The number of aliphatic hydroxyl groups excluding tert-OH is 1. The Morgan fingerprint density at radius 2 is 1.88 bits per heavy atom. The molecule has 0 fully saturated rings. The van der Waals surface area contributed by atoms with Crippen LogP contribution in [-0.2, 0) is 9.53 Å². The Hall–Kier alpha value is -1.79. The molecule has 1 unspecified atom stereocenters. The monoisotopic (exact) mass is 366 g/mol. The highest BCUT2D eigenvalue weighted by atomic mass is 28.4. The third-order valence-corrected chi connectivity index (χ3v) is 8.89. The van der Waals surface area contributed by atoms with Crippen LogP contribution in [-0.4, -0.2) is 33.1 Å². The van der Waals surface area contributed by atoms with Crippen molar-refractivity contribution in [1.82, 2.24) is 0 Å². The number of hydrogen-bond donors (Lipinski definition) is 1. The molecule has 0 aliphatic heterocycles. The van der Waals surface area contributed by atoms with E-state index in [1.165, 1.54) is 0 Å². The van der Waals surface area contributed by atoms with Crippen LogP contribution in [0, 0.1) is 0 Å². The van der Waals surface area contributed by atoms with Crippen molar-refractivity contribution in [1.29, 1.82) is 0 Å². The van der Waals surface area contributed by atoms with Crippen molar-refractivity contribution in [3.05, 3.63) is 35.9 Å². The summed E-state index contributed by atoms with van der Waals surface area (Å²) in [5, 5.41) is 10.5. The smallest absolute Gasteiger partial charge is 0.336 e. The molecule has 6 heteroatoms. The summed E-state index contributed by atoms with van der Waals surface area (Å²) >= 11 is 0. The van der Waals surface area contributed by atoms with Crippen LogP contribution in [0.2, 0.25) is 18.1 Å². The Bertz CT molecular complexity index is 631. The van der Waals surface area contributed by atoms with Crippen molar-refractivity contribution >= 4 is 14.3 Å². The summed E-state index contributed by atoms with van der Waals surface area (Å²) in [5.41, 5.74) is 0.498. The van der Waals surface area contributed by atoms with E-state index in [0.29, 0.717) is 17.1 Å². The van der Waals surface area contributed by atoms with E-state index in [1.807, 2.05) is 0 Å². The van der Waals surface area contributed by atoms with Crippen LogP contribution < -0.4 is 9.16 Å². The molecule has 0 bridgehead atoms. The molecule has 0 aromatic heterocycles. The van der Waals surface area contributed by atoms with E-state index in [9.17, 15) is 9.90 Å². The summed E-state index contributed by atoms with van der Waals surface area (Å²) in [6.45, 7) is 16.3. The van der Waals surface area contributed by atoms with Gasteiger partial charge in [0.25, 0.3) is 8.32 Å². The van der Waals surface area contributed by atoms with Gasteiger partial charge in [-0.1, -0.05) is 33.4 Å². The van der Waals surface area contributed by atoms with Crippen molar-refractivity contribution < 1.29 is 23.8 Å². The van der Waals surface area contributed by atoms with Gasteiger partial charge in [-0.25, -0.2) is 4.79 Å². The van der Waals surface area contributed by atoms with Gasteiger partial charge in [-0.15, -0.1) is 0 Å². The predicted molar refractivity (Wildman–Crippen MR) is 102 cm³/mol. The van der Waals surface area contributed by atoms with Gasteiger partial charge in [0.1, 0.15) is 11.9 Å². The van der Waals surface area contributed by atoms with Crippen LogP contribution in [0.4, 0.5) is 0 Å². The fourth-order valence-electron chi connectivity index (χ4n) is 1.91. The van der Waals surface area contributed by atoms with Gasteiger partial charge in [0.15, 0.2) is 5.75 Å². The molecule has 0 aliphatic carbocycles. The Morgan fingerprint density at radius 3 is 2.36 bits per heavy atom. The second-order valence-electron chi connectivity index (χ2n) is 7.42. The lowest BCUT2D eigenvalue weighted by Crippen LogP contribution is -2.44. The lowest BCUT2D eigenvalue weighted by atomic mass is 10.0. The first-order valence-electron chi connectivity index (χ1n) is 8.35. The van der Waals surface area contributed by atoms with Gasteiger partial charge in [-0.2, -0.15) is 0 Å². The average Bonchev–Trinajstić information content (AvgIpc) is 2.52. The summed E-state index contributed by atoms with van der Waals surface area (Å²) in [6.07, 6.45) is -1.16. The fraction of sp³-hybridized carbons (Fsp3) is 0.526. The second kappa shape index (κ2) is 8.06. The number of benzene rings is 1. The van der Waals surface area contributed by atoms with E-state index in [-0.39, 0.29) is 17.2 Å². The number of methoxy groups -OCH3 is 1. The van der Waals surface area contributed by atoms with Crippen molar-refractivity contribution in [3.63, 3.8) is 0 Å². The Kier molecular flexibility index (Phi) is 6.85. The number of aliphatic hydroxyl groups is 1. The van der Waals surface area contributed by atoms with E-state index in [1.54, 1.807) is 32.2 Å². The largest absolute Gasteiger partial charge is 0.541 e. The van der Waals surface area contributed by atoms with Crippen LogP contribution >= 0.6 is 0 Å². The van der Waals surface area contributed by atoms with Gasteiger partial charge in [0.2, 0.25) is 0 Å². The number of hydrogen-bond acceptors (Lipinski definition) is 5. The van der Waals surface area contributed by atoms with Crippen LogP contribution in [0.1, 0.15) is 39.4 Å². The van der Waals surface area contributed by atoms with Crippen molar-refractivity contribution in [2.24, 2.45) is 0 Å². The number of carbonyl (C=O) groups excluding carboxylic acids is 1. The van der Waals surface area contributed by atoms with Crippen molar-refractivity contribution in [2.75, 3.05) is 13.7 Å². The molecule has 0 saturated carbocycles. The number of rotatable bonds is 7. The van der Waals surface area contributed by atoms with Crippen LogP contribution in [0.3, 0.4) is 0 Å². The average molecular weight is 367 g/mol. The highest BCUT2D eigenvalue weighted by molar-refractivity contribution is 6.74. The van der Waals surface area contributed by atoms with Crippen LogP contribution in [0.15, 0.2) is 30.4 Å². The third-order valence-electron chi connectivity index (χ3n) is 4.54. The van der Waals surface area contributed by atoms with Gasteiger partial charge in [-0.05, 0) is 42.8 Å². The summed E-state index contributed by atoms with van der Waals surface area (Å²) in [6, 6.07) is 5.11. The van der Waals surface area contributed by atoms with Crippen molar-refractivity contribution in [2.45, 2.75) is 51.9 Å². The van der Waals surface area contributed by atoms with Gasteiger partial charge in [0, 0.05) is 0 Å². The molecule has 0 radical (unpaired) electrons. The van der Waals surface area contributed by atoms with Crippen LogP contribution in [0.5, 0.6) is 11.5 Å². The molecule has 1 rings (SSSR count). The summed E-state index contributed by atoms with van der Waals surface area (Å²) in [4.78, 5) is 11.8. The Morgan fingerprint density at radius 1 is 1.28 bits per heavy atom. The second-order valence-corrected chi connectivity index (χ2v) is 12.1. The molecule has 140 valence electrons. The summed E-state index contributed by atoms with van der Waals surface area (Å²) < 4.78 is 16.6. The molecule has 1 aromatic carbocycles. The Balaban J connectivity index is 3.18. The zero-order valence-electron chi connectivity index (χ0n) is 16.3. The maximum absolute atomic E-state index is 11.8. The van der Waals surface area contributed by atoms with Gasteiger partial charge in [0.05, 0.1) is 19.3 Å². The lowest BCUT2D eigenvalue weighted by molar-refractivity contribution is -0.139. The zero-order chi connectivity index (χ0) is 19.4. The number of ether oxygens (including phenoxy) is 2. The standard InChI is InChI=1S/C19H30O5Si/c1-9-23-18(21)13(2)17(20)14-10-11-15(22-6)16(12-14)24-25(7,8)19(3,4)5/h10-12,17,20H,2,9H2,1,3-8H3. The maximum atomic E-state index is 11.8. The molecular formula is C19H30O5Si. The molecule has 0 spiro atoms. The lowest BCUT2D eigenvalue weighted by Gasteiger charge is -2.37. The van der Waals surface area contributed by atoms with E-state index in [0.717, 1.165) is 0 Å². The normalized spacial score (nSPS) is 13.1. The maximum Gasteiger partial charge on any atom is 0.336 e. The molecule has 1 atom stereocenters. The first kappa shape index (κ1) is 21.2. The molecule has 1 N–H and O–H groups in total. The first-order valence-corrected chi connectivity index (χ1v) is 11.3. The molecule has 0 heterocycles. The minimum atomic E-state index is -2.09. The summed E-state index contributed by atoms with van der Waals surface area (Å²) in [7, 11) is -0.518. The Labute approximate surface area is 151 Å². The minimum absolute atomic E-state index is 0.00899. The van der Waals surface area contributed by atoms with E-state index in [2.05, 4.69) is 40.4 Å². The quantitative estimate of drug-likeness (QED) is 0.444. The van der Waals surface area contributed by atoms with E-state index < -0.39 is 20.4 Å². The van der Waals surface area contributed by atoms with Gasteiger partial charge >= 0.3 is 5.97 Å². The highest BCUT2D eigenvalue weighted by Gasteiger charge is 2.39. The summed E-state index contributed by atoms with van der Waals surface area (Å²) in [5.74, 6) is 0.530. The molecule has 5 nitrogen and oxygen atoms in total. The SMILES string of the molecule is C=C(C(=O)OCC)C(O)c1ccc(OC)c(O[Si](C)(C)C(C)(C)C)c1. The predicted octanol–water partition coefficient (Wildman–Crippen LogP) is 4.23. The molecule has 0 aliphatic rings. The molecule has 1 aromatic rings. The van der Waals surface area contributed by atoms with E-state index >= 15 is 0 Å². The molecule has 0 saturated heterocycles. The fourth-order valence-corrected chi connectivity index (χ4v) is 2.92. The first-order chi connectivity index (χ1) is 11.4.